The smallest absolute Gasteiger partial charge is 0.217 e. The third-order valence-electron chi connectivity index (χ3n) is 4.97. The minimum atomic E-state index is -1.26. The van der Waals surface area contributed by atoms with E-state index < -0.39 is 11.8 Å². The number of para-hydroxylation sites is 1. The van der Waals surface area contributed by atoms with Crippen molar-refractivity contribution in [3.05, 3.63) is 77.9 Å². The zero-order chi connectivity index (χ0) is 16.9. The SMILES string of the molecule is FC1COc2ccccc2C12CN=C(c1ccc3ccccc3c1)O2. The topological polar surface area (TPSA) is 30.8 Å². The van der Waals surface area contributed by atoms with Crippen LogP contribution in [0, 0.1) is 0 Å². The van der Waals surface area contributed by atoms with Crippen molar-refractivity contribution >= 4 is 16.7 Å². The Morgan fingerprint density at radius 3 is 2.68 bits per heavy atom. The molecule has 0 amide bonds. The van der Waals surface area contributed by atoms with Gasteiger partial charge in [0.2, 0.25) is 5.90 Å². The zero-order valence-corrected chi connectivity index (χ0v) is 13.5. The highest BCUT2D eigenvalue weighted by Gasteiger charge is 2.52. The van der Waals surface area contributed by atoms with E-state index in [-0.39, 0.29) is 13.2 Å². The van der Waals surface area contributed by atoms with E-state index >= 15 is 0 Å². The molecule has 0 bridgehead atoms. The second-order valence-corrected chi connectivity index (χ2v) is 6.45. The molecule has 3 aromatic rings. The Balaban J connectivity index is 1.55. The molecule has 124 valence electrons. The van der Waals surface area contributed by atoms with Crippen LogP contribution in [-0.2, 0) is 10.3 Å². The highest BCUT2D eigenvalue weighted by atomic mass is 19.1. The number of aliphatic imine (C=N–C) groups is 1. The van der Waals surface area contributed by atoms with Gasteiger partial charge in [-0.05, 0) is 29.0 Å². The largest absolute Gasteiger partial charge is 0.490 e. The van der Waals surface area contributed by atoms with Crippen molar-refractivity contribution in [1.29, 1.82) is 0 Å². The third kappa shape index (κ3) is 2.14. The summed E-state index contributed by atoms with van der Waals surface area (Å²) in [6, 6.07) is 21.6. The van der Waals surface area contributed by atoms with Gasteiger partial charge in [0.05, 0.1) is 6.54 Å². The van der Waals surface area contributed by atoms with Crippen LogP contribution in [0.5, 0.6) is 5.75 Å². The van der Waals surface area contributed by atoms with E-state index in [1.807, 2.05) is 60.7 Å². The summed E-state index contributed by atoms with van der Waals surface area (Å²) in [4.78, 5) is 4.54. The van der Waals surface area contributed by atoms with E-state index in [4.69, 9.17) is 9.47 Å². The van der Waals surface area contributed by atoms with Crippen LogP contribution in [0.25, 0.3) is 10.8 Å². The lowest BCUT2D eigenvalue weighted by atomic mass is 9.87. The number of halogens is 1. The first kappa shape index (κ1) is 14.5. The molecule has 2 atom stereocenters. The van der Waals surface area contributed by atoms with Crippen LogP contribution in [0.3, 0.4) is 0 Å². The van der Waals surface area contributed by atoms with Crippen LogP contribution in [0.4, 0.5) is 4.39 Å². The number of hydrogen-bond acceptors (Lipinski definition) is 3. The second-order valence-electron chi connectivity index (χ2n) is 6.45. The number of ether oxygens (including phenoxy) is 2. The summed E-state index contributed by atoms with van der Waals surface area (Å²) in [5.41, 5.74) is 0.510. The van der Waals surface area contributed by atoms with Gasteiger partial charge >= 0.3 is 0 Å². The van der Waals surface area contributed by atoms with E-state index in [2.05, 4.69) is 11.1 Å². The quantitative estimate of drug-likeness (QED) is 0.667. The number of alkyl halides is 1. The number of benzene rings is 3. The summed E-state index contributed by atoms with van der Waals surface area (Å²) in [5, 5.41) is 2.26. The summed E-state index contributed by atoms with van der Waals surface area (Å²) in [7, 11) is 0. The van der Waals surface area contributed by atoms with Crippen molar-refractivity contribution < 1.29 is 13.9 Å². The lowest BCUT2D eigenvalue weighted by Crippen LogP contribution is -2.47. The van der Waals surface area contributed by atoms with Crippen LogP contribution in [-0.4, -0.2) is 25.2 Å². The van der Waals surface area contributed by atoms with Gasteiger partial charge in [-0.25, -0.2) is 9.38 Å². The summed E-state index contributed by atoms with van der Waals surface area (Å²) in [6.45, 7) is 0.244. The molecule has 5 rings (SSSR count). The highest BCUT2D eigenvalue weighted by Crippen LogP contribution is 2.44. The molecule has 1 spiro atoms. The predicted octanol–water partition coefficient (Wildman–Crippen LogP) is 4.24. The van der Waals surface area contributed by atoms with E-state index in [0.29, 0.717) is 11.6 Å². The molecule has 0 fully saturated rings. The zero-order valence-electron chi connectivity index (χ0n) is 13.5. The Morgan fingerprint density at radius 2 is 1.76 bits per heavy atom. The van der Waals surface area contributed by atoms with Crippen LogP contribution in [0.15, 0.2) is 71.7 Å². The minimum Gasteiger partial charge on any atom is -0.490 e. The van der Waals surface area contributed by atoms with Crippen LogP contribution in [0.2, 0.25) is 0 Å². The average Bonchev–Trinajstić information content (AvgIpc) is 3.11. The maximum atomic E-state index is 14.8. The van der Waals surface area contributed by atoms with Crippen LogP contribution in [0.1, 0.15) is 11.1 Å². The molecular weight excluding hydrogens is 317 g/mol. The first-order valence-electron chi connectivity index (χ1n) is 8.35. The number of rotatable bonds is 1. The monoisotopic (exact) mass is 333 g/mol. The summed E-state index contributed by atoms with van der Waals surface area (Å²) in [5.74, 6) is 1.16. The van der Waals surface area contributed by atoms with Crippen molar-refractivity contribution in [2.75, 3.05) is 13.2 Å². The molecule has 4 heteroatoms. The van der Waals surface area contributed by atoms with Gasteiger partial charge in [0.1, 0.15) is 12.4 Å². The van der Waals surface area contributed by atoms with Gasteiger partial charge in [0.25, 0.3) is 0 Å². The highest BCUT2D eigenvalue weighted by molar-refractivity contribution is 5.99. The number of hydrogen-bond donors (Lipinski definition) is 0. The predicted molar refractivity (Wildman–Crippen MR) is 94.9 cm³/mol. The molecule has 0 saturated carbocycles. The lowest BCUT2D eigenvalue weighted by Gasteiger charge is -2.37. The molecule has 3 nitrogen and oxygen atoms in total. The molecule has 2 unspecified atom stereocenters. The molecule has 0 aliphatic carbocycles. The number of nitrogens with zero attached hydrogens (tertiary/aromatic N) is 1. The van der Waals surface area contributed by atoms with Crippen molar-refractivity contribution in [3.8, 4) is 5.75 Å². The van der Waals surface area contributed by atoms with Crippen molar-refractivity contribution in [2.45, 2.75) is 11.8 Å². The van der Waals surface area contributed by atoms with E-state index in [1.54, 1.807) is 0 Å². The van der Waals surface area contributed by atoms with Gasteiger partial charge in [0.15, 0.2) is 11.8 Å². The van der Waals surface area contributed by atoms with Crippen LogP contribution >= 0.6 is 0 Å². The van der Waals surface area contributed by atoms with Crippen molar-refractivity contribution in [3.63, 3.8) is 0 Å². The molecular formula is C21H16FNO2. The van der Waals surface area contributed by atoms with E-state index in [1.165, 1.54) is 0 Å². The Labute approximate surface area is 144 Å². The van der Waals surface area contributed by atoms with Gasteiger partial charge in [-0.2, -0.15) is 0 Å². The van der Waals surface area contributed by atoms with Gasteiger partial charge < -0.3 is 9.47 Å². The van der Waals surface area contributed by atoms with Crippen molar-refractivity contribution in [2.24, 2.45) is 4.99 Å². The van der Waals surface area contributed by atoms with E-state index in [0.717, 1.165) is 21.9 Å². The molecule has 3 aromatic carbocycles. The normalized spacial score (nSPS) is 24.5. The molecule has 2 heterocycles. The fourth-order valence-corrected chi connectivity index (χ4v) is 3.61. The third-order valence-corrected chi connectivity index (χ3v) is 4.97. The maximum Gasteiger partial charge on any atom is 0.217 e. The minimum absolute atomic E-state index is 0.0163. The summed E-state index contributed by atoms with van der Waals surface area (Å²) in [6.07, 6.45) is -1.26. The van der Waals surface area contributed by atoms with Crippen molar-refractivity contribution in [1.82, 2.24) is 0 Å². The summed E-state index contributed by atoms with van der Waals surface area (Å²) >= 11 is 0. The summed E-state index contributed by atoms with van der Waals surface area (Å²) < 4.78 is 26.5. The Hall–Kier alpha value is -2.88. The Morgan fingerprint density at radius 1 is 0.960 bits per heavy atom. The molecule has 2 aliphatic rings. The molecule has 0 saturated heterocycles. The lowest BCUT2D eigenvalue weighted by molar-refractivity contribution is -0.0405. The fourth-order valence-electron chi connectivity index (χ4n) is 3.61. The van der Waals surface area contributed by atoms with Gasteiger partial charge in [-0.1, -0.05) is 48.5 Å². The first-order valence-corrected chi connectivity index (χ1v) is 8.35. The first-order chi connectivity index (χ1) is 12.3. The van der Waals surface area contributed by atoms with Gasteiger partial charge in [0, 0.05) is 11.1 Å². The maximum absolute atomic E-state index is 14.8. The molecule has 0 radical (unpaired) electrons. The number of fused-ring (bicyclic) bond motifs is 3. The Bertz CT molecular complexity index is 1000. The molecule has 25 heavy (non-hydrogen) atoms. The van der Waals surface area contributed by atoms with Crippen LogP contribution < -0.4 is 4.74 Å². The molecule has 0 N–H and O–H groups in total. The van der Waals surface area contributed by atoms with E-state index in [9.17, 15) is 4.39 Å². The second kappa shape index (κ2) is 5.31. The Kier molecular flexibility index (Phi) is 3.07. The molecule has 2 aliphatic heterocycles. The standard InChI is InChI=1S/C21H16FNO2/c22-19-12-24-18-8-4-3-7-17(18)21(19)13-23-20(25-21)16-10-9-14-5-1-2-6-15(14)11-16/h1-11,19H,12-13H2. The van der Waals surface area contributed by atoms with Gasteiger partial charge in [-0.3, -0.25) is 0 Å². The average molecular weight is 333 g/mol. The van der Waals surface area contributed by atoms with Gasteiger partial charge in [-0.15, -0.1) is 0 Å². The fraction of sp³-hybridized carbons (Fsp3) is 0.190. The molecule has 0 aromatic heterocycles.